The third-order valence-electron chi connectivity index (χ3n) is 1.55. The van der Waals surface area contributed by atoms with Crippen molar-refractivity contribution >= 4 is 11.8 Å². The summed E-state index contributed by atoms with van der Waals surface area (Å²) in [6.45, 7) is 3.58. The van der Waals surface area contributed by atoms with Crippen LogP contribution in [0.2, 0.25) is 0 Å². The van der Waals surface area contributed by atoms with Gasteiger partial charge in [0, 0.05) is 19.9 Å². The molecule has 1 saturated heterocycles. The highest BCUT2D eigenvalue weighted by Crippen LogP contribution is 2.14. The van der Waals surface area contributed by atoms with Gasteiger partial charge in [-0.3, -0.25) is 14.5 Å². The number of imide groups is 1. The van der Waals surface area contributed by atoms with E-state index in [2.05, 4.69) is 6.58 Å². The summed E-state index contributed by atoms with van der Waals surface area (Å²) < 4.78 is 0. The van der Waals surface area contributed by atoms with Crippen molar-refractivity contribution in [2.24, 2.45) is 0 Å². The molecule has 0 unspecified atom stereocenters. The Morgan fingerprint density at radius 2 is 1.70 bits per heavy atom. The summed E-state index contributed by atoms with van der Waals surface area (Å²) in [5.41, 5.74) is 0.716. The molecule has 0 aliphatic carbocycles. The lowest BCUT2D eigenvalue weighted by Gasteiger charge is -2.21. The van der Waals surface area contributed by atoms with Gasteiger partial charge in [0.05, 0.1) is 0 Å². The lowest BCUT2D eigenvalue weighted by Crippen LogP contribution is -2.37. The second kappa shape index (κ2) is 2.25. The minimum absolute atomic E-state index is 0.152. The van der Waals surface area contributed by atoms with Crippen LogP contribution >= 0.6 is 0 Å². The Morgan fingerprint density at radius 3 is 2.10 bits per heavy atom. The zero-order chi connectivity index (χ0) is 7.72. The van der Waals surface area contributed by atoms with E-state index in [1.165, 1.54) is 7.05 Å². The van der Waals surface area contributed by atoms with Gasteiger partial charge in [-0.1, -0.05) is 12.2 Å². The second-order valence-corrected chi connectivity index (χ2v) is 2.45. The zero-order valence-corrected chi connectivity index (χ0v) is 5.89. The van der Waals surface area contributed by atoms with E-state index in [9.17, 15) is 9.59 Å². The molecule has 0 aromatic heterocycles. The molecule has 0 bridgehead atoms. The van der Waals surface area contributed by atoms with Crippen molar-refractivity contribution in [3.8, 4) is 0 Å². The van der Waals surface area contributed by atoms with Gasteiger partial charge in [-0.25, -0.2) is 0 Å². The first-order chi connectivity index (χ1) is 4.61. The predicted molar refractivity (Wildman–Crippen MR) is 36.2 cm³/mol. The van der Waals surface area contributed by atoms with Gasteiger partial charge in [0.25, 0.3) is 0 Å². The van der Waals surface area contributed by atoms with Crippen LogP contribution in [-0.2, 0) is 9.59 Å². The minimum Gasteiger partial charge on any atom is -0.285 e. The van der Waals surface area contributed by atoms with E-state index >= 15 is 0 Å². The van der Waals surface area contributed by atoms with Crippen molar-refractivity contribution in [2.45, 2.75) is 12.8 Å². The molecule has 0 atom stereocenters. The Bertz CT molecular complexity index is 188. The van der Waals surface area contributed by atoms with Crippen LogP contribution in [0.15, 0.2) is 12.2 Å². The SMILES string of the molecule is C=C1CC(=O)N(C)C(=O)C1. The second-order valence-electron chi connectivity index (χ2n) is 2.45. The maximum atomic E-state index is 10.9. The van der Waals surface area contributed by atoms with E-state index in [1.54, 1.807) is 0 Å². The van der Waals surface area contributed by atoms with Crippen molar-refractivity contribution in [1.29, 1.82) is 0 Å². The Kier molecular flexibility index (Phi) is 1.57. The summed E-state index contributed by atoms with van der Waals surface area (Å²) in [5, 5.41) is 0. The molecule has 1 aliphatic rings. The summed E-state index contributed by atoms with van der Waals surface area (Å²) in [5.74, 6) is -0.303. The molecule has 3 nitrogen and oxygen atoms in total. The first-order valence-corrected chi connectivity index (χ1v) is 3.07. The first kappa shape index (κ1) is 6.99. The maximum Gasteiger partial charge on any atom is 0.232 e. The highest BCUT2D eigenvalue weighted by atomic mass is 16.2. The van der Waals surface area contributed by atoms with Gasteiger partial charge in [0.1, 0.15) is 0 Å². The number of carbonyl (C=O) groups excluding carboxylic acids is 2. The van der Waals surface area contributed by atoms with Gasteiger partial charge in [-0.2, -0.15) is 0 Å². The normalized spacial score (nSPS) is 20.1. The Hall–Kier alpha value is -1.12. The number of hydrogen-bond acceptors (Lipinski definition) is 2. The monoisotopic (exact) mass is 139 g/mol. The molecule has 54 valence electrons. The predicted octanol–water partition coefficient (Wildman–Crippen LogP) is 0.321. The summed E-state index contributed by atoms with van der Waals surface area (Å²) in [6, 6.07) is 0. The third-order valence-corrected chi connectivity index (χ3v) is 1.55. The molecular formula is C7H9NO2. The fourth-order valence-corrected chi connectivity index (χ4v) is 0.866. The number of carbonyl (C=O) groups is 2. The number of rotatable bonds is 0. The van der Waals surface area contributed by atoms with Crippen LogP contribution in [0.1, 0.15) is 12.8 Å². The molecule has 0 aromatic carbocycles. The van der Waals surface area contributed by atoms with Crippen LogP contribution in [0, 0.1) is 0 Å². The van der Waals surface area contributed by atoms with Gasteiger partial charge in [0.2, 0.25) is 11.8 Å². The topological polar surface area (TPSA) is 37.4 Å². The van der Waals surface area contributed by atoms with Crippen molar-refractivity contribution < 1.29 is 9.59 Å². The molecule has 1 heterocycles. The number of piperidine rings is 1. The fraction of sp³-hybridized carbons (Fsp3) is 0.429. The lowest BCUT2D eigenvalue weighted by atomic mass is 10.1. The molecular weight excluding hydrogens is 130 g/mol. The number of nitrogens with zero attached hydrogens (tertiary/aromatic N) is 1. The van der Waals surface area contributed by atoms with Crippen molar-refractivity contribution in [3.63, 3.8) is 0 Å². The summed E-state index contributed by atoms with van der Waals surface area (Å²) in [6.07, 6.45) is 0.643. The fourth-order valence-electron chi connectivity index (χ4n) is 0.866. The molecule has 0 radical (unpaired) electrons. The van der Waals surface area contributed by atoms with Crippen molar-refractivity contribution in [2.75, 3.05) is 7.05 Å². The lowest BCUT2D eigenvalue weighted by molar-refractivity contribution is -0.144. The summed E-state index contributed by atoms with van der Waals surface area (Å²) in [7, 11) is 1.50. The molecule has 0 saturated carbocycles. The van der Waals surface area contributed by atoms with Crippen LogP contribution in [0.25, 0.3) is 0 Å². The quantitative estimate of drug-likeness (QED) is 0.358. The van der Waals surface area contributed by atoms with Gasteiger partial charge < -0.3 is 0 Å². The number of amides is 2. The average Bonchev–Trinajstić information content (AvgIpc) is 1.82. The molecule has 2 amide bonds. The van der Waals surface area contributed by atoms with E-state index in [0.717, 1.165) is 4.90 Å². The van der Waals surface area contributed by atoms with Gasteiger partial charge >= 0.3 is 0 Å². The maximum absolute atomic E-state index is 10.9. The molecule has 0 spiro atoms. The molecule has 0 aromatic rings. The van der Waals surface area contributed by atoms with Gasteiger partial charge in [-0.15, -0.1) is 0 Å². The van der Waals surface area contributed by atoms with E-state index in [0.29, 0.717) is 18.4 Å². The molecule has 0 N–H and O–H groups in total. The Labute approximate surface area is 59.3 Å². The summed E-state index contributed by atoms with van der Waals surface area (Å²) in [4.78, 5) is 22.9. The van der Waals surface area contributed by atoms with Crippen molar-refractivity contribution in [1.82, 2.24) is 4.90 Å². The standard InChI is InChI=1S/C7H9NO2/c1-5-3-6(9)8(2)7(10)4-5/h1,3-4H2,2H3. The van der Waals surface area contributed by atoms with Crippen LogP contribution in [0.3, 0.4) is 0 Å². The molecule has 3 heteroatoms. The van der Waals surface area contributed by atoms with E-state index in [1.807, 2.05) is 0 Å². The molecule has 1 fully saturated rings. The first-order valence-electron chi connectivity index (χ1n) is 3.07. The molecule has 1 aliphatic heterocycles. The minimum atomic E-state index is -0.152. The van der Waals surface area contributed by atoms with Crippen molar-refractivity contribution in [3.05, 3.63) is 12.2 Å². The van der Waals surface area contributed by atoms with E-state index < -0.39 is 0 Å². The highest BCUT2D eigenvalue weighted by Gasteiger charge is 2.23. The largest absolute Gasteiger partial charge is 0.285 e. The Morgan fingerprint density at radius 1 is 1.30 bits per heavy atom. The van der Waals surface area contributed by atoms with E-state index in [4.69, 9.17) is 0 Å². The van der Waals surface area contributed by atoms with Crippen LogP contribution in [0.4, 0.5) is 0 Å². The molecule has 10 heavy (non-hydrogen) atoms. The Balaban J connectivity index is 2.76. The average molecular weight is 139 g/mol. The third kappa shape index (κ3) is 1.07. The van der Waals surface area contributed by atoms with Gasteiger partial charge in [-0.05, 0) is 0 Å². The van der Waals surface area contributed by atoms with Crippen LogP contribution in [0.5, 0.6) is 0 Å². The van der Waals surface area contributed by atoms with Crippen LogP contribution < -0.4 is 0 Å². The van der Waals surface area contributed by atoms with E-state index in [-0.39, 0.29) is 11.8 Å². The van der Waals surface area contributed by atoms with Gasteiger partial charge in [0.15, 0.2) is 0 Å². The zero-order valence-electron chi connectivity index (χ0n) is 5.89. The van der Waals surface area contributed by atoms with Crippen LogP contribution in [-0.4, -0.2) is 23.8 Å². The molecule has 1 rings (SSSR count). The number of likely N-dealkylation sites (tertiary alicyclic amines) is 1. The summed E-state index contributed by atoms with van der Waals surface area (Å²) >= 11 is 0. The number of hydrogen-bond donors (Lipinski definition) is 0. The smallest absolute Gasteiger partial charge is 0.232 e. The highest BCUT2D eigenvalue weighted by molar-refractivity contribution is 6.00.